The highest BCUT2D eigenvalue weighted by Crippen LogP contribution is 2.31. The van der Waals surface area contributed by atoms with Gasteiger partial charge in [0.1, 0.15) is 9.88 Å². The minimum absolute atomic E-state index is 0.0721. The molecule has 0 saturated heterocycles. The summed E-state index contributed by atoms with van der Waals surface area (Å²) in [7, 11) is -3.33. The van der Waals surface area contributed by atoms with Crippen LogP contribution < -0.4 is 10.0 Å². The molecular formula is C18H19N3O3S3. The van der Waals surface area contributed by atoms with Gasteiger partial charge in [0.05, 0.1) is 16.3 Å². The summed E-state index contributed by atoms with van der Waals surface area (Å²) in [6.45, 7) is 3.62. The molecule has 0 radical (unpaired) electrons. The van der Waals surface area contributed by atoms with Crippen molar-refractivity contribution in [3.05, 3.63) is 52.3 Å². The van der Waals surface area contributed by atoms with Crippen LogP contribution in [0.5, 0.6) is 0 Å². The van der Waals surface area contributed by atoms with Gasteiger partial charge in [-0.05, 0) is 49.1 Å². The predicted octanol–water partition coefficient (Wildman–Crippen LogP) is 4.58. The summed E-state index contributed by atoms with van der Waals surface area (Å²) >= 11 is 2.94. The van der Waals surface area contributed by atoms with E-state index in [9.17, 15) is 13.2 Å². The van der Waals surface area contributed by atoms with Crippen LogP contribution in [0.25, 0.3) is 9.88 Å². The Morgan fingerprint density at radius 2 is 1.85 bits per heavy atom. The van der Waals surface area contributed by atoms with E-state index in [0.717, 1.165) is 9.88 Å². The number of hydrogen-bond acceptors (Lipinski definition) is 6. The molecule has 9 heteroatoms. The molecule has 27 heavy (non-hydrogen) atoms. The molecule has 0 bridgehead atoms. The molecule has 0 saturated carbocycles. The lowest BCUT2D eigenvalue weighted by Crippen LogP contribution is -2.16. The Labute approximate surface area is 166 Å². The fourth-order valence-electron chi connectivity index (χ4n) is 2.42. The number of amides is 1. The summed E-state index contributed by atoms with van der Waals surface area (Å²) in [5.74, 6) is -0.157. The number of anilines is 2. The summed E-state index contributed by atoms with van der Waals surface area (Å²) in [4.78, 5) is 18.6. The topological polar surface area (TPSA) is 88.2 Å². The second-order valence-corrected chi connectivity index (χ2v) is 9.65. The van der Waals surface area contributed by atoms with Gasteiger partial charge in [-0.25, -0.2) is 13.4 Å². The number of carbonyl (C=O) groups is 1. The number of carbonyl (C=O) groups excluding carboxylic acids is 1. The molecule has 1 aromatic carbocycles. The zero-order chi connectivity index (χ0) is 19.4. The average Bonchev–Trinajstić information content (AvgIpc) is 3.25. The standard InChI is InChI=1S/C18H19N3O3S3/c1-3-11-27(23,24)21-14-8-6-13(7-9-14)20-17(22)16-12(2)19-18(26-16)15-5-4-10-25-15/h4-10,21H,3,11H2,1-2H3,(H,20,22). The van der Waals surface area contributed by atoms with Gasteiger partial charge >= 0.3 is 0 Å². The van der Waals surface area contributed by atoms with Crippen LogP contribution in [0.15, 0.2) is 41.8 Å². The third-order valence-corrected chi connectivity index (χ3v) is 7.31. The van der Waals surface area contributed by atoms with Crippen molar-refractivity contribution in [1.82, 2.24) is 4.98 Å². The zero-order valence-corrected chi connectivity index (χ0v) is 17.3. The Balaban J connectivity index is 1.70. The van der Waals surface area contributed by atoms with Crippen LogP contribution in [-0.4, -0.2) is 25.1 Å². The smallest absolute Gasteiger partial charge is 0.267 e. The van der Waals surface area contributed by atoms with E-state index in [0.29, 0.717) is 28.4 Å². The summed E-state index contributed by atoms with van der Waals surface area (Å²) in [6.07, 6.45) is 0.547. The molecule has 0 aliphatic carbocycles. The third-order valence-electron chi connectivity index (χ3n) is 3.62. The van der Waals surface area contributed by atoms with E-state index in [1.807, 2.05) is 31.4 Å². The first-order chi connectivity index (χ1) is 12.9. The first kappa shape index (κ1) is 19.5. The van der Waals surface area contributed by atoms with Crippen LogP contribution >= 0.6 is 22.7 Å². The fourth-order valence-corrected chi connectivity index (χ4v) is 5.31. The molecule has 0 unspecified atom stereocenters. The maximum atomic E-state index is 12.6. The molecule has 2 aromatic heterocycles. The first-order valence-corrected chi connectivity index (χ1v) is 11.7. The molecule has 0 atom stereocenters. The molecule has 2 heterocycles. The van der Waals surface area contributed by atoms with Crippen molar-refractivity contribution in [2.24, 2.45) is 0 Å². The SMILES string of the molecule is CCCS(=O)(=O)Nc1ccc(NC(=O)c2sc(-c3cccs3)nc2C)cc1. The lowest BCUT2D eigenvalue weighted by Gasteiger charge is -2.08. The van der Waals surface area contributed by atoms with E-state index in [4.69, 9.17) is 0 Å². The van der Waals surface area contributed by atoms with Gasteiger partial charge in [0.15, 0.2) is 0 Å². The van der Waals surface area contributed by atoms with Crippen LogP contribution in [0.1, 0.15) is 28.7 Å². The maximum absolute atomic E-state index is 12.6. The maximum Gasteiger partial charge on any atom is 0.267 e. The third kappa shape index (κ3) is 4.94. The van der Waals surface area contributed by atoms with Gasteiger partial charge in [0.2, 0.25) is 10.0 Å². The number of aryl methyl sites for hydroxylation is 1. The zero-order valence-electron chi connectivity index (χ0n) is 14.9. The van der Waals surface area contributed by atoms with Gasteiger partial charge in [-0.2, -0.15) is 0 Å². The van der Waals surface area contributed by atoms with E-state index < -0.39 is 10.0 Å². The number of benzene rings is 1. The molecule has 1 amide bonds. The summed E-state index contributed by atoms with van der Waals surface area (Å²) in [5, 5.41) is 5.63. The second kappa shape index (κ2) is 8.20. The van der Waals surface area contributed by atoms with Crippen molar-refractivity contribution < 1.29 is 13.2 Å². The monoisotopic (exact) mass is 421 g/mol. The first-order valence-electron chi connectivity index (χ1n) is 8.31. The van der Waals surface area contributed by atoms with Gasteiger partial charge in [-0.1, -0.05) is 13.0 Å². The fraction of sp³-hybridized carbons (Fsp3) is 0.222. The molecule has 0 spiro atoms. The van der Waals surface area contributed by atoms with Crippen LogP contribution in [0.4, 0.5) is 11.4 Å². The normalized spacial score (nSPS) is 11.3. The highest BCUT2D eigenvalue weighted by atomic mass is 32.2. The Hall–Kier alpha value is -2.23. The molecule has 0 fully saturated rings. The molecule has 3 rings (SSSR count). The van der Waals surface area contributed by atoms with Crippen molar-refractivity contribution >= 4 is 50.0 Å². The molecule has 0 aliphatic rings. The molecule has 142 valence electrons. The van der Waals surface area contributed by atoms with E-state index in [1.165, 1.54) is 11.3 Å². The Morgan fingerprint density at radius 1 is 1.15 bits per heavy atom. The number of aromatic nitrogens is 1. The molecule has 0 aliphatic heterocycles. The average molecular weight is 422 g/mol. The highest BCUT2D eigenvalue weighted by Gasteiger charge is 2.17. The van der Waals surface area contributed by atoms with Crippen molar-refractivity contribution in [2.75, 3.05) is 15.8 Å². The Morgan fingerprint density at radius 3 is 2.48 bits per heavy atom. The lowest BCUT2D eigenvalue weighted by atomic mass is 10.3. The van der Waals surface area contributed by atoms with Gasteiger partial charge in [0, 0.05) is 11.4 Å². The summed E-state index contributed by atoms with van der Waals surface area (Å²) < 4.78 is 26.1. The van der Waals surface area contributed by atoms with Crippen LogP contribution in [0, 0.1) is 6.92 Å². The second-order valence-electron chi connectivity index (χ2n) is 5.86. The number of sulfonamides is 1. The Bertz CT molecular complexity index is 1020. The van der Waals surface area contributed by atoms with E-state index >= 15 is 0 Å². The van der Waals surface area contributed by atoms with Crippen LogP contribution in [0.2, 0.25) is 0 Å². The summed E-state index contributed by atoms with van der Waals surface area (Å²) in [6, 6.07) is 10.5. The van der Waals surface area contributed by atoms with Crippen LogP contribution in [-0.2, 0) is 10.0 Å². The van der Waals surface area contributed by atoms with E-state index in [1.54, 1.807) is 35.6 Å². The van der Waals surface area contributed by atoms with Crippen molar-refractivity contribution in [1.29, 1.82) is 0 Å². The van der Waals surface area contributed by atoms with Crippen molar-refractivity contribution in [3.63, 3.8) is 0 Å². The lowest BCUT2D eigenvalue weighted by molar-refractivity contribution is 0.103. The minimum atomic E-state index is -3.33. The van der Waals surface area contributed by atoms with Crippen LogP contribution in [0.3, 0.4) is 0 Å². The molecular weight excluding hydrogens is 402 g/mol. The quantitative estimate of drug-likeness (QED) is 0.584. The number of nitrogens with zero attached hydrogens (tertiary/aromatic N) is 1. The van der Waals surface area contributed by atoms with E-state index in [-0.39, 0.29) is 11.7 Å². The molecule has 6 nitrogen and oxygen atoms in total. The molecule has 2 N–H and O–H groups in total. The largest absolute Gasteiger partial charge is 0.321 e. The van der Waals surface area contributed by atoms with Gasteiger partial charge < -0.3 is 5.32 Å². The number of thiophene rings is 1. The number of thiazole rings is 1. The minimum Gasteiger partial charge on any atom is -0.321 e. The van der Waals surface area contributed by atoms with Gasteiger partial charge in [0.25, 0.3) is 5.91 Å². The number of hydrogen-bond donors (Lipinski definition) is 2. The number of rotatable bonds is 7. The van der Waals surface area contributed by atoms with Crippen molar-refractivity contribution in [2.45, 2.75) is 20.3 Å². The predicted molar refractivity (Wildman–Crippen MR) is 112 cm³/mol. The van der Waals surface area contributed by atoms with Gasteiger partial charge in [-0.3, -0.25) is 9.52 Å². The summed E-state index contributed by atoms with van der Waals surface area (Å²) in [5.41, 5.74) is 1.74. The number of nitrogens with one attached hydrogen (secondary N) is 2. The highest BCUT2D eigenvalue weighted by molar-refractivity contribution is 7.92. The Kier molecular flexibility index (Phi) is 5.93. The van der Waals surface area contributed by atoms with Gasteiger partial charge in [-0.15, -0.1) is 22.7 Å². The van der Waals surface area contributed by atoms with E-state index in [2.05, 4.69) is 15.0 Å². The van der Waals surface area contributed by atoms with Crippen molar-refractivity contribution in [3.8, 4) is 9.88 Å². The molecule has 3 aromatic rings.